The van der Waals surface area contributed by atoms with E-state index in [-0.39, 0.29) is 5.91 Å². The highest BCUT2D eigenvalue weighted by Crippen LogP contribution is 2.30. The molecule has 5 rings (SSSR count). The molecule has 29 heavy (non-hydrogen) atoms. The summed E-state index contributed by atoms with van der Waals surface area (Å²) in [4.78, 5) is 28.1. The molecular formula is C21H17N7O. The average Bonchev–Trinajstić information content (AvgIpc) is 3.37. The van der Waals surface area contributed by atoms with Gasteiger partial charge in [0.05, 0.1) is 34.3 Å². The third-order valence-electron chi connectivity index (χ3n) is 4.74. The Balaban J connectivity index is 1.58. The van der Waals surface area contributed by atoms with E-state index in [4.69, 9.17) is 0 Å². The van der Waals surface area contributed by atoms with Crippen molar-refractivity contribution in [3.63, 3.8) is 0 Å². The molecule has 0 spiro atoms. The van der Waals surface area contributed by atoms with Gasteiger partial charge in [0.1, 0.15) is 0 Å². The van der Waals surface area contributed by atoms with Crippen LogP contribution in [-0.2, 0) is 4.79 Å². The molecule has 5 aromatic heterocycles. The Kier molecular flexibility index (Phi) is 4.02. The molecule has 0 saturated carbocycles. The summed E-state index contributed by atoms with van der Waals surface area (Å²) in [5.41, 5.74) is 6.60. The summed E-state index contributed by atoms with van der Waals surface area (Å²) in [7, 11) is 0. The van der Waals surface area contributed by atoms with Crippen LogP contribution >= 0.6 is 0 Å². The normalized spacial score (nSPS) is 11.2. The zero-order chi connectivity index (χ0) is 19.8. The number of rotatable bonds is 4. The Morgan fingerprint density at radius 2 is 2.00 bits per heavy atom. The van der Waals surface area contributed by atoms with Crippen LogP contribution in [0.5, 0.6) is 0 Å². The number of carbonyl (C=O) groups excluding carboxylic acids is 1. The van der Waals surface area contributed by atoms with E-state index in [9.17, 15) is 4.79 Å². The average molecular weight is 383 g/mol. The molecule has 0 unspecified atom stereocenters. The first-order chi connectivity index (χ1) is 14.2. The van der Waals surface area contributed by atoms with Crippen molar-refractivity contribution in [1.29, 1.82) is 0 Å². The third-order valence-corrected chi connectivity index (χ3v) is 4.74. The number of fused-ring (bicyclic) bond motifs is 2. The van der Waals surface area contributed by atoms with Gasteiger partial charge in [-0.15, -0.1) is 0 Å². The molecule has 8 nitrogen and oxygen atoms in total. The number of anilines is 1. The molecule has 0 fully saturated rings. The Bertz CT molecular complexity index is 1320. The molecule has 3 N–H and O–H groups in total. The molecule has 8 heteroatoms. The highest BCUT2D eigenvalue weighted by Gasteiger charge is 2.13. The van der Waals surface area contributed by atoms with Crippen LogP contribution < -0.4 is 5.32 Å². The van der Waals surface area contributed by atoms with Crippen LogP contribution in [0.25, 0.3) is 44.6 Å². The molecule has 0 radical (unpaired) electrons. The number of hydrogen-bond acceptors (Lipinski definition) is 5. The van der Waals surface area contributed by atoms with Gasteiger partial charge in [-0.25, -0.2) is 4.98 Å². The van der Waals surface area contributed by atoms with Crippen LogP contribution in [-0.4, -0.2) is 36.0 Å². The van der Waals surface area contributed by atoms with Gasteiger partial charge >= 0.3 is 0 Å². The van der Waals surface area contributed by atoms with Crippen LogP contribution in [0.3, 0.4) is 0 Å². The van der Waals surface area contributed by atoms with Gasteiger partial charge in [0.15, 0.2) is 5.65 Å². The molecule has 0 aliphatic heterocycles. The van der Waals surface area contributed by atoms with E-state index in [0.717, 1.165) is 38.9 Å². The molecule has 0 saturated heterocycles. The van der Waals surface area contributed by atoms with Gasteiger partial charge in [-0.1, -0.05) is 6.92 Å². The summed E-state index contributed by atoms with van der Waals surface area (Å²) in [6.45, 7) is 1.81. The number of hydrogen-bond donors (Lipinski definition) is 3. The Labute approximate surface area is 165 Å². The minimum atomic E-state index is -0.0536. The highest BCUT2D eigenvalue weighted by molar-refractivity contribution is 5.95. The number of aromatic nitrogens is 6. The molecule has 5 aromatic rings. The lowest BCUT2D eigenvalue weighted by atomic mass is 10.1. The third kappa shape index (κ3) is 3.10. The Morgan fingerprint density at radius 3 is 2.86 bits per heavy atom. The minimum Gasteiger partial charge on any atom is -0.352 e. The summed E-state index contributed by atoms with van der Waals surface area (Å²) in [6.07, 6.45) is 7.31. The molecule has 0 aliphatic rings. The lowest BCUT2D eigenvalue weighted by Gasteiger charge is -2.06. The number of pyridine rings is 3. The van der Waals surface area contributed by atoms with Crippen molar-refractivity contribution in [2.75, 3.05) is 5.32 Å². The highest BCUT2D eigenvalue weighted by atomic mass is 16.1. The molecule has 0 aliphatic carbocycles. The van der Waals surface area contributed by atoms with Crippen molar-refractivity contribution < 1.29 is 4.79 Å². The first kappa shape index (κ1) is 17.1. The van der Waals surface area contributed by atoms with Crippen molar-refractivity contribution in [2.45, 2.75) is 13.3 Å². The lowest BCUT2D eigenvalue weighted by molar-refractivity contribution is -0.115. The quantitative estimate of drug-likeness (QED) is 0.435. The van der Waals surface area contributed by atoms with Gasteiger partial charge in [-0.3, -0.25) is 19.9 Å². The first-order valence-electron chi connectivity index (χ1n) is 9.25. The fraction of sp³-hybridized carbons (Fsp3) is 0.0952. The topological polar surface area (TPSA) is 112 Å². The maximum absolute atomic E-state index is 11.7. The zero-order valence-corrected chi connectivity index (χ0v) is 15.6. The fourth-order valence-electron chi connectivity index (χ4n) is 3.27. The second kappa shape index (κ2) is 6.83. The van der Waals surface area contributed by atoms with E-state index in [0.29, 0.717) is 17.8 Å². The van der Waals surface area contributed by atoms with Crippen LogP contribution in [0.2, 0.25) is 0 Å². The van der Waals surface area contributed by atoms with Crippen molar-refractivity contribution in [3.05, 3.63) is 55.1 Å². The summed E-state index contributed by atoms with van der Waals surface area (Å²) < 4.78 is 0. The van der Waals surface area contributed by atoms with Crippen molar-refractivity contribution >= 4 is 33.7 Å². The molecule has 0 aromatic carbocycles. The summed E-state index contributed by atoms with van der Waals surface area (Å²) in [5.74, 6) is -0.0536. The Morgan fingerprint density at radius 1 is 1.10 bits per heavy atom. The number of nitrogens with zero attached hydrogens (tertiary/aromatic N) is 4. The molecule has 0 bridgehead atoms. The summed E-state index contributed by atoms with van der Waals surface area (Å²) in [6, 6.07) is 9.76. The monoisotopic (exact) mass is 383 g/mol. The van der Waals surface area contributed by atoms with Crippen LogP contribution in [0.15, 0.2) is 55.1 Å². The molecule has 5 heterocycles. The largest absolute Gasteiger partial charge is 0.352 e. The second-order valence-electron chi connectivity index (χ2n) is 6.68. The first-order valence-corrected chi connectivity index (χ1v) is 9.25. The molecule has 0 atom stereocenters. The molecule has 142 valence electrons. The molecular weight excluding hydrogens is 366 g/mol. The van der Waals surface area contributed by atoms with Gasteiger partial charge in [0, 0.05) is 41.5 Å². The van der Waals surface area contributed by atoms with Gasteiger partial charge in [-0.05, 0) is 30.3 Å². The number of aromatic amines is 2. The number of carbonyl (C=O) groups is 1. The van der Waals surface area contributed by atoms with Gasteiger partial charge in [-0.2, -0.15) is 5.10 Å². The summed E-state index contributed by atoms with van der Waals surface area (Å²) in [5, 5.41) is 11.1. The minimum absolute atomic E-state index is 0.0536. The van der Waals surface area contributed by atoms with Gasteiger partial charge < -0.3 is 10.3 Å². The van der Waals surface area contributed by atoms with E-state index in [1.807, 2.05) is 37.3 Å². The van der Waals surface area contributed by atoms with E-state index < -0.39 is 0 Å². The van der Waals surface area contributed by atoms with E-state index in [1.165, 1.54) is 0 Å². The van der Waals surface area contributed by atoms with E-state index in [2.05, 4.69) is 35.5 Å². The van der Waals surface area contributed by atoms with Crippen LogP contribution in [0.1, 0.15) is 13.3 Å². The van der Waals surface area contributed by atoms with E-state index in [1.54, 1.807) is 24.8 Å². The fourth-order valence-corrected chi connectivity index (χ4v) is 3.27. The summed E-state index contributed by atoms with van der Waals surface area (Å²) >= 11 is 0. The lowest BCUT2D eigenvalue weighted by Crippen LogP contribution is -2.09. The van der Waals surface area contributed by atoms with Crippen molar-refractivity contribution in [1.82, 2.24) is 30.1 Å². The standard InChI is InChI=1S/C21H17N7O/c1-2-19(29)25-14-6-12(9-22-11-14)13-7-15-20(27-28-21(15)24-10-13)18-8-17-16(26-18)4-3-5-23-17/h3-11,26H,2H2,1H3,(H,25,29)(H,24,27,28). The van der Waals surface area contributed by atoms with Crippen molar-refractivity contribution in [3.8, 4) is 22.5 Å². The number of nitrogens with one attached hydrogen (secondary N) is 3. The zero-order valence-electron chi connectivity index (χ0n) is 15.6. The second-order valence-corrected chi connectivity index (χ2v) is 6.68. The smallest absolute Gasteiger partial charge is 0.224 e. The predicted molar refractivity (Wildman–Crippen MR) is 111 cm³/mol. The predicted octanol–water partition coefficient (Wildman–Crippen LogP) is 3.91. The maximum Gasteiger partial charge on any atom is 0.224 e. The maximum atomic E-state index is 11.7. The van der Waals surface area contributed by atoms with Gasteiger partial charge in [0.25, 0.3) is 0 Å². The van der Waals surface area contributed by atoms with Crippen molar-refractivity contribution in [2.24, 2.45) is 0 Å². The number of H-pyrrole nitrogens is 2. The number of amides is 1. The van der Waals surface area contributed by atoms with E-state index >= 15 is 0 Å². The molecule has 1 amide bonds. The Hall–Kier alpha value is -4.07. The van der Waals surface area contributed by atoms with Gasteiger partial charge in [0.2, 0.25) is 5.91 Å². The van der Waals surface area contributed by atoms with Crippen LogP contribution in [0, 0.1) is 0 Å². The SMILES string of the molecule is CCC(=O)Nc1cncc(-c2cnc3n[nH]c(-c4cc5ncccc5[nH]4)c3c2)c1. The van der Waals surface area contributed by atoms with Crippen LogP contribution in [0.4, 0.5) is 5.69 Å².